The molecule has 2 aromatic rings. The standard InChI is InChI=1S/C19H24N6O3/c1-14-12-17(24-10-3-2-4-11-24)23-19(22-14)21-9-8-20-18(26)15-6-5-7-16(13-15)25(27)28/h5-7,12-13H,2-4,8-11H2,1H3,(H,20,26)(H,21,22,23). The van der Waals surface area contributed by atoms with Crippen molar-refractivity contribution in [2.75, 3.05) is 36.4 Å². The zero-order valence-electron chi connectivity index (χ0n) is 15.9. The number of nitro groups is 1. The highest BCUT2D eigenvalue weighted by molar-refractivity contribution is 5.94. The molecule has 1 aliphatic heterocycles. The van der Waals surface area contributed by atoms with E-state index in [0.29, 0.717) is 19.0 Å². The molecule has 1 aromatic carbocycles. The molecule has 0 spiro atoms. The van der Waals surface area contributed by atoms with E-state index in [1.807, 2.05) is 13.0 Å². The molecule has 9 heteroatoms. The topological polar surface area (TPSA) is 113 Å². The van der Waals surface area contributed by atoms with Gasteiger partial charge < -0.3 is 15.5 Å². The molecule has 1 saturated heterocycles. The number of piperidine rings is 1. The van der Waals surface area contributed by atoms with Gasteiger partial charge in [0.25, 0.3) is 11.6 Å². The molecule has 1 aromatic heterocycles. The maximum Gasteiger partial charge on any atom is 0.270 e. The van der Waals surface area contributed by atoms with Crippen LogP contribution in [0.4, 0.5) is 17.5 Å². The van der Waals surface area contributed by atoms with Crippen molar-refractivity contribution in [1.29, 1.82) is 0 Å². The van der Waals surface area contributed by atoms with Crippen LogP contribution in [0, 0.1) is 17.0 Å². The van der Waals surface area contributed by atoms with E-state index in [9.17, 15) is 14.9 Å². The number of aromatic nitrogens is 2. The van der Waals surface area contributed by atoms with Gasteiger partial charge in [0, 0.05) is 55.6 Å². The number of carbonyl (C=O) groups is 1. The van der Waals surface area contributed by atoms with Crippen molar-refractivity contribution < 1.29 is 9.72 Å². The molecular weight excluding hydrogens is 360 g/mol. The van der Waals surface area contributed by atoms with Crippen LogP contribution in [-0.4, -0.2) is 47.0 Å². The van der Waals surface area contributed by atoms with Crippen LogP contribution < -0.4 is 15.5 Å². The van der Waals surface area contributed by atoms with Gasteiger partial charge in [-0.25, -0.2) is 4.98 Å². The Morgan fingerprint density at radius 1 is 1.18 bits per heavy atom. The highest BCUT2D eigenvalue weighted by atomic mass is 16.6. The molecular formula is C19H24N6O3. The highest BCUT2D eigenvalue weighted by Crippen LogP contribution is 2.19. The van der Waals surface area contributed by atoms with Crippen LogP contribution in [0.5, 0.6) is 0 Å². The number of non-ortho nitro benzene ring substituents is 1. The lowest BCUT2D eigenvalue weighted by atomic mass is 10.1. The minimum Gasteiger partial charge on any atom is -0.356 e. The van der Waals surface area contributed by atoms with Crippen LogP contribution in [0.1, 0.15) is 35.3 Å². The number of amides is 1. The summed E-state index contributed by atoms with van der Waals surface area (Å²) in [5, 5.41) is 16.7. The van der Waals surface area contributed by atoms with Crippen molar-refractivity contribution in [3.8, 4) is 0 Å². The van der Waals surface area contributed by atoms with Crippen LogP contribution in [0.3, 0.4) is 0 Å². The van der Waals surface area contributed by atoms with Gasteiger partial charge in [0.05, 0.1) is 4.92 Å². The van der Waals surface area contributed by atoms with Crippen molar-refractivity contribution in [2.24, 2.45) is 0 Å². The zero-order chi connectivity index (χ0) is 19.9. The number of rotatable bonds is 7. The first-order valence-corrected chi connectivity index (χ1v) is 9.40. The molecule has 2 heterocycles. The first-order valence-electron chi connectivity index (χ1n) is 9.40. The smallest absolute Gasteiger partial charge is 0.270 e. The number of carbonyl (C=O) groups excluding carboxylic acids is 1. The molecule has 9 nitrogen and oxygen atoms in total. The molecule has 3 rings (SSSR count). The monoisotopic (exact) mass is 384 g/mol. The molecule has 0 bridgehead atoms. The summed E-state index contributed by atoms with van der Waals surface area (Å²) in [5.41, 5.74) is 1.04. The van der Waals surface area contributed by atoms with E-state index >= 15 is 0 Å². The van der Waals surface area contributed by atoms with Crippen molar-refractivity contribution in [3.63, 3.8) is 0 Å². The third-order valence-electron chi connectivity index (χ3n) is 4.53. The summed E-state index contributed by atoms with van der Waals surface area (Å²) in [6.45, 7) is 4.75. The Bertz CT molecular complexity index is 851. The average molecular weight is 384 g/mol. The lowest BCUT2D eigenvalue weighted by molar-refractivity contribution is -0.384. The van der Waals surface area contributed by atoms with Crippen LogP contribution in [-0.2, 0) is 0 Å². The van der Waals surface area contributed by atoms with E-state index in [2.05, 4.69) is 25.5 Å². The van der Waals surface area contributed by atoms with E-state index in [0.717, 1.165) is 24.6 Å². The number of nitrogens with zero attached hydrogens (tertiary/aromatic N) is 4. The quantitative estimate of drug-likeness (QED) is 0.428. The van der Waals surface area contributed by atoms with Gasteiger partial charge in [-0.2, -0.15) is 4.98 Å². The molecule has 0 radical (unpaired) electrons. The Morgan fingerprint density at radius 2 is 1.96 bits per heavy atom. The molecule has 0 unspecified atom stereocenters. The Morgan fingerprint density at radius 3 is 2.71 bits per heavy atom. The fourth-order valence-corrected chi connectivity index (χ4v) is 3.13. The summed E-state index contributed by atoms with van der Waals surface area (Å²) in [7, 11) is 0. The highest BCUT2D eigenvalue weighted by Gasteiger charge is 2.14. The van der Waals surface area contributed by atoms with Gasteiger partial charge in [-0.1, -0.05) is 6.07 Å². The van der Waals surface area contributed by atoms with Gasteiger partial charge in [-0.3, -0.25) is 14.9 Å². The predicted octanol–water partition coefficient (Wildman–Crippen LogP) is 2.53. The number of benzene rings is 1. The number of nitrogens with one attached hydrogen (secondary N) is 2. The predicted molar refractivity (Wildman–Crippen MR) is 107 cm³/mol. The van der Waals surface area contributed by atoms with Crippen molar-refractivity contribution >= 4 is 23.4 Å². The van der Waals surface area contributed by atoms with Gasteiger partial charge in [-0.05, 0) is 32.3 Å². The third kappa shape index (κ3) is 5.15. The number of nitro benzene ring substituents is 1. The van der Waals surface area contributed by atoms with Crippen LogP contribution >= 0.6 is 0 Å². The van der Waals surface area contributed by atoms with Gasteiger partial charge in [0.1, 0.15) is 5.82 Å². The van der Waals surface area contributed by atoms with Gasteiger partial charge >= 0.3 is 0 Å². The zero-order valence-corrected chi connectivity index (χ0v) is 15.9. The lowest BCUT2D eigenvalue weighted by Gasteiger charge is -2.28. The van der Waals surface area contributed by atoms with Gasteiger partial charge in [-0.15, -0.1) is 0 Å². The fourth-order valence-electron chi connectivity index (χ4n) is 3.13. The summed E-state index contributed by atoms with van der Waals surface area (Å²) >= 11 is 0. The van der Waals surface area contributed by atoms with E-state index < -0.39 is 4.92 Å². The van der Waals surface area contributed by atoms with Crippen LogP contribution in [0.15, 0.2) is 30.3 Å². The summed E-state index contributed by atoms with van der Waals surface area (Å²) in [4.78, 5) is 33.7. The summed E-state index contributed by atoms with van der Waals surface area (Å²) in [6, 6.07) is 7.64. The molecule has 0 saturated carbocycles. The SMILES string of the molecule is Cc1cc(N2CCCCC2)nc(NCCNC(=O)c2cccc([N+](=O)[O-])c2)n1. The number of anilines is 2. The Hall–Kier alpha value is -3.23. The molecule has 0 aliphatic carbocycles. The van der Waals surface area contributed by atoms with Gasteiger partial charge in [0.15, 0.2) is 0 Å². The van der Waals surface area contributed by atoms with Crippen LogP contribution in [0.2, 0.25) is 0 Å². The van der Waals surface area contributed by atoms with E-state index in [-0.39, 0.29) is 17.2 Å². The molecule has 1 amide bonds. The lowest BCUT2D eigenvalue weighted by Crippen LogP contribution is -2.31. The number of hydrogen-bond donors (Lipinski definition) is 2. The Balaban J connectivity index is 1.52. The van der Waals surface area contributed by atoms with Crippen molar-refractivity contribution in [1.82, 2.24) is 15.3 Å². The maximum atomic E-state index is 12.1. The second-order valence-electron chi connectivity index (χ2n) is 6.73. The average Bonchev–Trinajstić information content (AvgIpc) is 2.71. The number of hydrogen-bond acceptors (Lipinski definition) is 7. The van der Waals surface area contributed by atoms with Crippen molar-refractivity contribution in [3.05, 3.63) is 51.7 Å². The van der Waals surface area contributed by atoms with Crippen LogP contribution in [0.25, 0.3) is 0 Å². The summed E-state index contributed by atoms with van der Waals surface area (Å²) in [5.74, 6) is 1.10. The second kappa shape index (κ2) is 9.12. The van der Waals surface area contributed by atoms with Gasteiger partial charge in [0.2, 0.25) is 5.95 Å². The van der Waals surface area contributed by atoms with E-state index in [1.54, 1.807) is 6.07 Å². The molecule has 0 atom stereocenters. The first-order chi connectivity index (χ1) is 13.5. The fraction of sp³-hybridized carbons (Fsp3) is 0.421. The minimum absolute atomic E-state index is 0.107. The molecule has 148 valence electrons. The normalized spacial score (nSPS) is 13.8. The van der Waals surface area contributed by atoms with Crippen molar-refractivity contribution in [2.45, 2.75) is 26.2 Å². The Labute approximate surface area is 163 Å². The molecule has 1 fully saturated rings. The van der Waals surface area contributed by atoms with E-state index in [1.165, 1.54) is 37.5 Å². The molecule has 28 heavy (non-hydrogen) atoms. The Kier molecular flexibility index (Phi) is 6.36. The largest absolute Gasteiger partial charge is 0.356 e. The second-order valence-corrected chi connectivity index (χ2v) is 6.73. The maximum absolute atomic E-state index is 12.1. The molecule has 1 aliphatic rings. The number of aryl methyl sites for hydroxylation is 1. The minimum atomic E-state index is -0.521. The van der Waals surface area contributed by atoms with E-state index in [4.69, 9.17) is 0 Å². The summed E-state index contributed by atoms with van der Waals surface area (Å²) < 4.78 is 0. The summed E-state index contributed by atoms with van der Waals surface area (Å²) in [6.07, 6.45) is 3.61. The molecule has 2 N–H and O–H groups in total. The third-order valence-corrected chi connectivity index (χ3v) is 4.53. The first kappa shape index (κ1) is 19.5.